The Labute approximate surface area is 157 Å². The van der Waals surface area contributed by atoms with E-state index in [2.05, 4.69) is 5.32 Å². The van der Waals surface area contributed by atoms with E-state index in [1.54, 1.807) is 43.3 Å². The third-order valence-corrected chi connectivity index (χ3v) is 5.33. The summed E-state index contributed by atoms with van der Waals surface area (Å²) < 4.78 is 5.33. The molecule has 2 heterocycles. The van der Waals surface area contributed by atoms with Crippen LogP contribution in [0.25, 0.3) is 0 Å². The monoisotopic (exact) mass is 364 g/mol. The smallest absolute Gasteiger partial charge is 0.331 e. The average Bonchev–Trinajstić information content (AvgIpc) is 3.21. The number of carbonyl (C=O) groups excluding carboxylic acids is 3. The highest BCUT2D eigenvalue weighted by molar-refractivity contribution is 6.24. The first-order valence-electron chi connectivity index (χ1n) is 9.02. The van der Waals surface area contributed by atoms with Gasteiger partial charge in [-0.2, -0.15) is 0 Å². The number of esters is 1. The number of hydrogen-bond acceptors (Lipinski definition) is 5. The van der Waals surface area contributed by atoms with Crippen molar-refractivity contribution < 1.29 is 19.1 Å². The number of anilines is 1. The molecule has 2 saturated heterocycles. The first-order chi connectivity index (χ1) is 13.1. The van der Waals surface area contributed by atoms with Crippen LogP contribution in [-0.4, -0.2) is 30.9 Å². The van der Waals surface area contributed by atoms with Gasteiger partial charge in [-0.05, 0) is 24.6 Å². The van der Waals surface area contributed by atoms with Crippen LogP contribution in [0.2, 0.25) is 0 Å². The van der Waals surface area contributed by atoms with Crippen LogP contribution in [0, 0.1) is 11.8 Å². The lowest BCUT2D eigenvalue weighted by molar-refractivity contribution is -0.155. The molecule has 2 fully saturated rings. The van der Waals surface area contributed by atoms with Gasteiger partial charge in [0.05, 0.1) is 24.1 Å². The fraction of sp³-hybridized carbons (Fsp3) is 0.286. The molecule has 2 aromatic rings. The Kier molecular flexibility index (Phi) is 4.28. The van der Waals surface area contributed by atoms with Crippen LogP contribution >= 0.6 is 0 Å². The maximum Gasteiger partial charge on any atom is 0.331 e. The molecule has 27 heavy (non-hydrogen) atoms. The molecule has 3 atom stereocenters. The summed E-state index contributed by atoms with van der Waals surface area (Å²) in [6.45, 7) is 2.16. The molecule has 6 heteroatoms. The largest absolute Gasteiger partial charge is 0.464 e. The maximum absolute atomic E-state index is 13.4. The zero-order chi connectivity index (χ0) is 19.0. The normalized spacial score (nSPS) is 26.9. The molecule has 6 nitrogen and oxygen atoms in total. The van der Waals surface area contributed by atoms with Crippen molar-refractivity contribution in [2.75, 3.05) is 18.1 Å². The number of fused-ring (bicyclic) bond motifs is 1. The van der Waals surface area contributed by atoms with E-state index in [9.17, 15) is 14.4 Å². The highest BCUT2D eigenvalue weighted by atomic mass is 16.5. The number of nitrogens with zero attached hydrogens (tertiary/aromatic N) is 1. The lowest BCUT2D eigenvalue weighted by Gasteiger charge is -2.32. The van der Waals surface area contributed by atoms with Crippen molar-refractivity contribution in [2.45, 2.75) is 12.5 Å². The number of benzene rings is 2. The summed E-state index contributed by atoms with van der Waals surface area (Å²) in [7, 11) is 0. The zero-order valence-corrected chi connectivity index (χ0v) is 14.9. The number of amides is 2. The summed E-state index contributed by atoms with van der Waals surface area (Å²) in [6.07, 6.45) is 0. The quantitative estimate of drug-likeness (QED) is 0.662. The molecule has 1 N–H and O–H groups in total. The van der Waals surface area contributed by atoms with E-state index >= 15 is 0 Å². The molecule has 0 bridgehead atoms. The topological polar surface area (TPSA) is 75.7 Å². The van der Waals surface area contributed by atoms with Crippen LogP contribution in [0.4, 0.5) is 5.69 Å². The second-order valence-electron chi connectivity index (χ2n) is 6.71. The van der Waals surface area contributed by atoms with Crippen LogP contribution in [0.15, 0.2) is 60.7 Å². The number of nitrogens with one attached hydrogen (secondary N) is 1. The number of ether oxygens (including phenoxy) is 1. The van der Waals surface area contributed by atoms with E-state index in [0.717, 1.165) is 0 Å². The molecule has 2 aliphatic rings. The summed E-state index contributed by atoms with van der Waals surface area (Å²) in [6, 6.07) is 17.8. The van der Waals surface area contributed by atoms with Crippen LogP contribution in [-0.2, 0) is 24.7 Å². The van der Waals surface area contributed by atoms with Crippen molar-refractivity contribution in [1.29, 1.82) is 0 Å². The Bertz CT molecular complexity index is 884. The maximum atomic E-state index is 13.4. The van der Waals surface area contributed by atoms with Crippen molar-refractivity contribution in [3.8, 4) is 0 Å². The molecular formula is C21H20N2O4. The van der Waals surface area contributed by atoms with Gasteiger partial charge in [-0.25, -0.2) is 9.69 Å². The van der Waals surface area contributed by atoms with Gasteiger partial charge in [0.25, 0.3) is 0 Å². The van der Waals surface area contributed by atoms with E-state index in [4.69, 9.17) is 4.74 Å². The minimum Gasteiger partial charge on any atom is -0.464 e. The molecule has 0 saturated carbocycles. The number of carbonyl (C=O) groups is 3. The standard InChI is InChI=1S/C21H20N2O4/c1-2-27-20(26)21(14-9-5-3-6-10-14)17-16(13-22-21)18(24)23(19(17)25)15-11-7-4-8-12-15/h3-12,16-17,22H,2,13H2,1H3/t16?,17?,21-/m1/s1. The number of para-hydroxylation sites is 1. The van der Waals surface area contributed by atoms with Crippen molar-refractivity contribution in [1.82, 2.24) is 5.32 Å². The van der Waals surface area contributed by atoms with E-state index in [1.165, 1.54) is 4.90 Å². The number of rotatable bonds is 4. The first-order valence-corrected chi connectivity index (χ1v) is 9.02. The minimum atomic E-state index is -1.36. The third-order valence-electron chi connectivity index (χ3n) is 5.33. The molecule has 0 aliphatic carbocycles. The molecule has 138 valence electrons. The summed E-state index contributed by atoms with van der Waals surface area (Å²) >= 11 is 0. The zero-order valence-electron chi connectivity index (χ0n) is 14.9. The summed E-state index contributed by atoms with van der Waals surface area (Å²) in [5.74, 6) is -2.64. The Hall–Kier alpha value is -2.99. The highest BCUT2D eigenvalue weighted by Gasteiger charge is 2.66. The fourth-order valence-corrected chi connectivity index (χ4v) is 4.18. The second kappa shape index (κ2) is 6.63. The highest BCUT2D eigenvalue weighted by Crippen LogP contribution is 2.47. The molecule has 2 aromatic carbocycles. The third kappa shape index (κ3) is 2.48. The van der Waals surface area contributed by atoms with Crippen LogP contribution in [0.3, 0.4) is 0 Å². The fourth-order valence-electron chi connectivity index (χ4n) is 4.18. The van der Waals surface area contributed by atoms with Gasteiger partial charge in [0.15, 0.2) is 5.54 Å². The number of imide groups is 1. The summed E-state index contributed by atoms with van der Waals surface area (Å²) in [5, 5.41) is 3.16. The van der Waals surface area contributed by atoms with E-state index in [-0.39, 0.29) is 25.0 Å². The van der Waals surface area contributed by atoms with Gasteiger partial charge in [0.2, 0.25) is 11.8 Å². The number of hydrogen-bond donors (Lipinski definition) is 1. The van der Waals surface area contributed by atoms with Crippen molar-refractivity contribution in [3.05, 3.63) is 66.2 Å². The Balaban J connectivity index is 1.83. The second-order valence-corrected chi connectivity index (χ2v) is 6.71. The molecule has 4 rings (SSSR count). The molecule has 0 radical (unpaired) electrons. The van der Waals surface area contributed by atoms with Gasteiger partial charge >= 0.3 is 5.97 Å². The van der Waals surface area contributed by atoms with Gasteiger partial charge in [-0.3, -0.25) is 14.9 Å². The van der Waals surface area contributed by atoms with Gasteiger partial charge in [0.1, 0.15) is 0 Å². The molecule has 2 amide bonds. The molecule has 0 spiro atoms. The molecule has 2 unspecified atom stereocenters. The van der Waals surface area contributed by atoms with Gasteiger partial charge in [-0.1, -0.05) is 48.5 Å². The van der Waals surface area contributed by atoms with Gasteiger partial charge in [0, 0.05) is 6.54 Å². The Morgan fingerprint density at radius 3 is 2.33 bits per heavy atom. The minimum absolute atomic E-state index is 0.191. The average molecular weight is 364 g/mol. The van der Waals surface area contributed by atoms with Crippen molar-refractivity contribution >= 4 is 23.5 Å². The van der Waals surface area contributed by atoms with Gasteiger partial charge in [-0.15, -0.1) is 0 Å². The van der Waals surface area contributed by atoms with Crippen molar-refractivity contribution in [3.63, 3.8) is 0 Å². The van der Waals surface area contributed by atoms with E-state index in [1.807, 2.05) is 24.3 Å². The SMILES string of the molecule is CCOC(=O)[C@]1(c2ccccc2)NCC2C(=O)N(c3ccccc3)C(=O)C21. The van der Waals surface area contributed by atoms with Crippen molar-refractivity contribution in [2.24, 2.45) is 11.8 Å². The lowest BCUT2D eigenvalue weighted by atomic mass is 9.76. The molecule has 0 aromatic heterocycles. The van der Waals surface area contributed by atoms with E-state index in [0.29, 0.717) is 11.3 Å². The Morgan fingerprint density at radius 2 is 1.70 bits per heavy atom. The predicted octanol–water partition coefficient (Wildman–Crippen LogP) is 1.85. The van der Waals surface area contributed by atoms with Crippen LogP contribution in [0.1, 0.15) is 12.5 Å². The van der Waals surface area contributed by atoms with Crippen LogP contribution in [0.5, 0.6) is 0 Å². The van der Waals surface area contributed by atoms with E-state index < -0.39 is 23.3 Å². The Morgan fingerprint density at radius 1 is 1.07 bits per heavy atom. The predicted molar refractivity (Wildman–Crippen MR) is 98.7 cm³/mol. The lowest BCUT2D eigenvalue weighted by Crippen LogP contribution is -2.53. The molecular weight excluding hydrogens is 344 g/mol. The summed E-state index contributed by atoms with van der Waals surface area (Å²) in [5.41, 5.74) is -0.210. The van der Waals surface area contributed by atoms with Gasteiger partial charge < -0.3 is 4.74 Å². The first kappa shape index (κ1) is 17.4. The summed E-state index contributed by atoms with van der Waals surface area (Å²) in [4.78, 5) is 40.6. The molecule has 2 aliphatic heterocycles. The van der Waals surface area contributed by atoms with Crippen LogP contribution < -0.4 is 10.2 Å².